The summed E-state index contributed by atoms with van der Waals surface area (Å²) in [6.45, 7) is 1.42. The van der Waals surface area contributed by atoms with Gasteiger partial charge in [0.05, 0.1) is 4.53 Å². The van der Waals surface area contributed by atoms with Gasteiger partial charge in [0.25, 0.3) is 0 Å². The molecule has 1 aromatic rings. The van der Waals surface area contributed by atoms with Gasteiger partial charge in [0.1, 0.15) is 17.7 Å². The van der Waals surface area contributed by atoms with Gasteiger partial charge in [0, 0.05) is 30.0 Å². The Labute approximate surface area is 127 Å². The molecule has 2 heterocycles. The van der Waals surface area contributed by atoms with Crippen LogP contribution < -0.4 is 14.8 Å². The standard InChI is InChI=1S/C16H14N4S/c17-7-10-20-8-5-13(6-9-20)1-2-15-3-4-16(21-15)14(11-18)12-19/h1-6,8-9H,7,10,17H2/b15-2+. The van der Waals surface area contributed by atoms with E-state index in [0.717, 1.165) is 16.7 Å². The van der Waals surface area contributed by atoms with Gasteiger partial charge in [0.2, 0.25) is 0 Å². The van der Waals surface area contributed by atoms with Gasteiger partial charge < -0.3 is 10.6 Å². The lowest BCUT2D eigenvalue weighted by Crippen LogP contribution is -2.20. The smallest absolute Gasteiger partial charge is 0.146 e. The summed E-state index contributed by atoms with van der Waals surface area (Å²) in [6.07, 6.45) is 12.0. The van der Waals surface area contributed by atoms with Gasteiger partial charge in [-0.05, 0) is 35.9 Å². The Balaban J connectivity index is 2.21. The van der Waals surface area contributed by atoms with Crippen LogP contribution in [0.5, 0.6) is 0 Å². The number of thiophene rings is 1. The highest BCUT2D eigenvalue weighted by Gasteiger charge is 1.98. The van der Waals surface area contributed by atoms with Crippen molar-refractivity contribution in [3.05, 3.63) is 57.4 Å². The molecule has 5 heteroatoms. The van der Waals surface area contributed by atoms with Crippen LogP contribution in [0.3, 0.4) is 0 Å². The molecule has 0 saturated heterocycles. The fraction of sp³-hybridized carbons (Fsp3) is 0.125. The van der Waals surface area contributed by atoms with Crippen LogP contribution >= 0.6 is 11.3 Å². The Morgan fingerprint density at radius 1 is 1.19 bits per heavy atom. The maximum atomic E-state index is 8.83. The second-order valence-corrected chi connectivity index (χ2v) is 5.41. The van der Waals surface area contributed by atoms with Crippen LogP contribution in [0.15, 0.2) is 48.3 Å². The number of hydrogen-bond donors (Lipinski definition) is 1. The second-order valence-electron chi connectivity index (χ2n) is 4.29. The molecule has 0 unspecified atom stereocenters. The molecule has 0 amide bonds. The topological polar surface area (TPSA) is 76.8 Å². The van der Waals surface area contributed by atoms with Crippen molar-refractivity contribution in [1.29, 1.82) is 10.5 Å². The monoisotopic (exact) mass is 294 g/mol. The van der Waals surface area contributed by atoms with Crippen molar-refractivity contribution in [2.24, 2.45) is 5.73 Å². The zero-order chi connectivity index (χ0) is 15.1. The number of nitriles is 2. The highest BCUT2D eigenvalue weighted by molar-refractivity contribution is 7.07. The van der Waals surface area contributed by atoms with E-state index in [1.54, 1.807) is 6.07 Å². The van der Waals surface area contributed by atoms with Crippen molar-refractivity contribution in [2.45, 2.75) is 0 Å². The third-order valence-electron chi connectivity index (χ3n) is 2.84. The quantitative estimate of drug-likeness (QED) is 0.900. The normalized spacial score (nSPS) is 14.0. The Hall–Kier alpha value is -2.60. The molecule has 21 heavy (non-hydrogen) atoms. The van der Waals surface area contributed by atoms with Crippen LogP contribution in [0.1, 0.15) is 0 Å². The van der Waals surface area contributed by atoms with E-state index in [0.29, 0.717) is 11.1 Å². The molecule has 4 nitrogen and oxygen atoms in total. The number of rotatable bonds is 3. The number of nitrogens with zero attached hydrogens (tertiary/aromatic N) is 3. The molecule has 0 radical (unpaired) electrons. The maximum absolute atomic E-state index is 8.83. The summed E-state index contributed by atoms with van der Waals surface area (Å²) in [5.41, 5.74) is 6.74. The van der Waals surface area contributed by atoms with Crippen molar-refractivity contribution in [3.8, 4) is 12.1 Å². The number of hydrogen-bond acceptors (Lipinski definition) is 5. The van der Waals surface area contributed by atoms with E-state index in [9.17, 15) is 0 Å². The Morgan fingerprint density at radius 2 is 1.90 bits per heavy atom. The van der Waals surface area contributed by atoms with Gasteiger partial charge in [-0.1, -0.05) is 6.08 Å². The van der Waals surface area contributed by atoms with Crippen LogP contribution in [0, 0.1) is 22.7 Å². The summed E-state index contributed by atoms with van der Waals surface area (Å²) in [6, 6.07) is 7.51. The highest BCUT2D eigenvalue weighted by Crippen LogP contribution is 2.08. The first-order chi connectivity index (χ1) is 10.3. The SMILES string of the molecule is N#CC(C#N)=c1cc/c(=C\C=C2C=CN(CCN)C=C2)s1. The lowest BCUT2D eigenvalue weighted by molar-refractivity contribution is 0.512. The molecular weight excluding hydrogens is 280 g/mol. The molecule has 0 bridgehead atoms. The van der Waals surface area contributed by atoms with E-state index in [1.807, 2.05) is 59.8 Å². The first-order valence-corrected chi connectivity index (χ1v) is 7.23. The first kappa shape index (κ1) is 14.8. The van der Waals surface area contributed by atoms with E-state index in [4.69, 9.17) is 16.3 Å². The maximum Gasteiger partial charge on any atom is 0.146 e. The molecule has 1 aliphatic heterocycles. The molecular formula is C16H14N4S. The van der Waals surface area contributed by atoms with Gasteiger partial charge in [-0.25, -0.2) is 0 Å². The van der Waals surface area contributed by atoms with Crippen LogP contribution in [0.25, 0.3) is 11.6 Å². The predicted octanol–water partition coefficient (Wildman–Crippen LogP) is 0.955. The zero-order valence-corrected chi connectivity index (χ0v) is 12.2. The van der Waals surface area contributed by atoms with Crippen LogP contribution in [-0.2, 0) is 0 Å². The van der Waals surface area contributed by atoms with Gasteiger partial charge in [0.15, 0.2) is 0 Å². The summed E-state index contributed by atoms with van der Waals surface area (Å²) in [5, 5.41) is 17.7. The molecule has 0 saturated carbocycles. The lowest BCUT2D eigenvalue weighted by Gasteiger charge is -2.17. The van der Waals surface area contributed by atoms with Gasteiger partial charge in [-0.15, -0.1) is 11.3 Å². The van der Waals surface area contributed by atoms with Crippen molar-refractivity contribution in [3.63, 3.8) is 0 Å². The molecule has 0 aliphatic carbocycles. The summed E-state index contributed by atoms with van der Waals surface area (Å²) in [7, 11) is 0. The lowest BCUT2D eigenvalue weighted by atomic mass is 10.2. The average molecular weight is 294 g/mol. The van der Waals surface area contributed by atoms with Crippen molar-refractivity contribution >= 4 is 23.0 Å². The number of allylic oxidation sites excluding steroid dienone is 4. The van der Waals surface area contributed by atoms with E-state index in [-0.39, 0.29) is 5.57 Å². The average Bonchev–Trinajstić information content (AvgIpc) is 2.97. The van der Waals surface area contributed by atoms with Crippen LogP contribution in [0.4, 0.5) is 0 Å². The second kappa shape index (κ2) is 7.25. The molecule has 104 valence electrons. The molecule has 2 N–H and O–H groups in total. The molecule has 0 aromatic carbocycles. The van der Waals surface area contributed by atoms with Crippen molar-refractivity contribution in [2.75, 3.05) is 13.1 Å². The molecule has 0 atom stereocenters. The number of nitrogens with two attached hydrogens (primary N) is 1. The molecule has 0 spiro atoms. The third-order valence-corrected chi connectivity index (χ3v) is 3.91. The van der Waals surface area contributed by atoms with Crippen LogP contribution in [-0.4, -0.2) is 18.0 Å². The summed E-state index contributed by atoms with van der Waals surface area (Å²) in [5.74, 6) is 0. The summed E-state index contributed by atoms with van der Waals surface area (Å²) in [4.78, 5) is 2.03. The van der Waals surface area contributed by atoms with E-state index in [1.165, 1.54) is 11.3 Å². The molecule has 0 fully saturated rings. The molecule has 1 aliphatic rings. The third kappa shape index (κ3) is 3.93. The minimum atomic E-state index is 0.155. The summed E-state index contributed by atoms with van der Waals surface area (Å²) < 4.78 is 1.71. The Kier molecular flexibility index (Phi) is 5.11. The largest absolute Gasteiger partial charge is 0.353 e. The van der Waals surface area contributed by atoms with Crippen LogP contribution in [0.2, 0.25) is 0 Å². The first-order valence-electron chi connectivity index (χ1n) is 6.41. The van der Waals surface area contributed by atoms with Gasteiger partial charge in [-0.3, -0.25) is 0 Å². The van der Waals surface area contributed by atoms with Gasteiger partial charge in [-0.2, -0.15) is 10.5 Å². The van der Waals surface area contributed by atoms with E-state index < -0.39 is 0 Å². The highest BCUT2D eigenvalue weighted by atomic mass is 32.1. The fourth-order valence-electron chi connectivity index (χ4n) is 1.77. The minimum Gasteiger partial charge on any atom is -0.353 e. The summed E-state index contributed by atoms with van der Waals surface area (Å²) >= 11 is 1.43. The molecule has 2 rings (SSSR count). The Bertz CT molecular complexity index is 765. The fourth-order valence-corrected chi connectivity index (χ4v) is 2.62. The molecule has 1 aromatic heterocycles. The van der Waals surface area contributed by atoms with Gasteiger partial charge >= 0.3 is 0 Å². The Morgan fingerprint density at radius 3 is 2.52 bits per heavy atom. The van der Waals surface area contributed by atoms with Crippen molar-refractivity contribution in [1.82, 2.24) is 4.90 Å². The van der Waals surface area contributed by atoms with E-state index in [2.05, 4.69) is 0 Å². The zero-order valence-electron chi connectivity index (χ0n) is 11.4. The predicted molar refractivity (Wildman–Crippen MR) is 84.8 cm³/mol. The van der Waals surface area contributed by atoms with Crippen molar-refractivity contribution < 1.29 is 0 Å². The minimum absolute atomic E-state index is 0.155. The van der Waals surface area contributed by atoms with E-state index >= 15 is 0 Å².